The van der Waals surface area contributed by atoms with E-state index in [4.69, 9.17) is 11.0 Å². The standard InChI is InChI=1S/C15H16N4/c1-10-5-3-4-6-13(10)11(2)19-15-14(17)7-12(8-16)9-18-15/h3-7,9,11H,17H2,1-2H3,(H,18,19). The summed E-state index contributed by atoms with van der Waals surface area (Å²) in [6.45, 7) is 4.13. The van der Waals surface area contributed by atoms with Crippen molar-refractivity contribution >= 4 is 11.5 Å². The lowest BCUT2D eigenvalue weighted by Crippen LogP contribution is -2.11. The molecule has 3 N–H and O–H groups in total. The highest BCUT2D eigenvalue weighted by molar-refractivity contribution is 5.63. The number of hydrogen-bond acceptors (Lipinski definition) is 4. The molecule has 4 heteroatoms. The molecule has 1 unspecified atom stereocenters. The van der Waals surface area contributed by atoms with E-state index >= 15 is 0 Å². The van der Waals surface area contributed by atoms with Gasteiger partial charge in [-0.3, -0.25) is 0 Å². The zero-order chi connectivity index (χ0) is 13.8. The Labute approximate surface area is 112 Å². The van der Waals surface area contributed by atoms with Crippen LogP contribution < -0.4 is 11.1 Å². The van der Waals surface area contributed by atoms with E-state index in [0.29, 0.717) is 17.1 Å². The molecule has 0 radical (unpaired) electrons. The summed E-state index contributed by atoms with van der Waals surface area (Å²) in [5.74, 6) is 0.606. The summed E-state index contributed by atoms with van der Waals surface area (Å²) in [6.07, 6.45) is 1.52. The van der Waals surface area contributed by atoms with E-state index in [1.165, 1.54) is 17.3 Å². The number of nitrogens with two attached hydrogens (primary N) is 1. The predicted molar refractivity (Wildman–Crippen MR) is 76.6 cm³/mol. The van der Waals surface area contributed by atoms with E-state index in [9.17, 15) is 0 Å². The topological polar surface area (TPSA) is 74.7 Å². The molecule has 4 nitrogen and oxygen atoms in total. The summed E-state index contributed by atoms with van der Waals surface area (Å²) >= 11 is 0. The molecular formula is C15H16N4. The van der Waals surface area contributed by atoms with Gasteiger partial charge in [-0.2, -0.15) is 5.26 Å². The van der Waals surface area contributed by atoms with Gasteiger partial charge >= 0.3 is 0 Å². The van der Waals surface area contributed by atoms with E-state index < -0.39 is 0 Å². The first-order valence-corrected chi connectivity index (χ1v) is 6.09. The molecule has 2 rings (SSSR count). The minimum atomic E-state index is 0.101. The van der Waals surface area contributed by atoms with Crippen LogP contribution in [-0.4, -0.2) is 4.98 Å². The minimum Gasteiger partial charge on any atom is -0.396 e. The predicted octanol–water partition coefficient (Wildman–Crippen LogP) is 3.02. The summed E-state index contributed by atoms with van der Waals surface area (Å²) in [6, 6.07) is 11.9. The quantitative estimate of drug-likeness (QED) is 0.880. The van der Waals surface area contributed by atoms with Crippen molar-refractivity contribution in [2.24, 2.45) is 0 Å². The largest absolute Gasteiger partial charge is 0.396 e. The Morgan fingerprint density at radius 1 is 1.37 bits per heavy atom. The second-order valence-electron chi connectivity index (χ2n) is 4.50. The van der Waals surface area contributed by atoms with E-state index in [-0.39, 0.29) is 6.04 Å². The number of nitrogens with one attached hydrogen (secondary N) is 1. The van der Waals surface area contributed by atoms with Gasteiger partial charge in [0.05, 0.1) is 17.3 Å². The van der Waals surface area contributed by atoms with Crippen molar-refractivity contribution in [2.75, 3.05) is 11.1 Å². The second kappa shape index (κ2) is 5.40. The lowest BCUT2D eigenvalue weighted by Gasteiger charge is -2.18. The van der Waals surface area contributed by atoms with Gasteiger partial charge in [0.25, 0.3) is 0 Å². The molecule has 0 aliphatic rings. The SMILES string of the molecule is Cc1ccccc1C(C)Nc1ncc(C#N)cc1N. The monoisotopic (exact) mass is 252 g/mol. The zero-order valence-electron chi connectivity index (χ0n) is 11.0. The smallest absolute Gasteiger partial charge is 0.149 e. The van der Waals surface area contributed by atoms with Crippen molar-refractivity contribution in [1.29, 1.82) is 5.26 Å². The fourth-order valence-corrected chi connectivity index (χ4v) is 2.02. The summed E-state index contributed by atoms with van der Waals surface area (Å²) in [5, 5.41) is 12.1. The maximum Gasteiger partial charge on any atom is 0.149 e. The van der Waals surface area contributed by atoms with E-state index in [1.54, 1.807) is 6.07 Å². The summed E-state index contributed by atoms with van der Waals surface area (Å²) < 4.78 is 0. The summed E-state index contributed by atoms with van der Waals surface area (Å²) in [5.41, 5.74) is 9.25. The zero-order valence-corrected chi connectivity index (χ0v) is 11.0. The normalized spacial score (nSPS) is 11.6. The lowest BCUT2D eigenvalue weighted by molar-refractivity contribution is 0.865. The summed E-state index contributed by atoms with van der Waals surface area (Å²) in [7, 11) is 0. The average Bonchev–Trinajstić information content (AvgIpc) is 2.41. The third-order valence-electron chi connectivity index (χ3n) is 3.05. The van der Waals surface area contributed by atoms with Gasteiger partial charge in [-0.25, -0.2) is 4.98 Å². The van der Waals surface area contributed by atoms with Crippen LogP contribution in [0.25, 0.3) is 0 Å². The van der Waals surface area contributed by atoms with Gasteiger partial charge in [0.15, 0.2) is 0 Å². The number of nitrogens with zero attached hydrogens (tertiary/aromatic N) is 2. The van der Waals surface area contributed by atoms with Crippen LogP contribution in [0.1, 0.15) is 29.7 Å². The van der Waals surface area contributed by atoms with Gasteiger partial charge in [-0.05, 0) is 31.0 Å². The Bertz CT molecular complexity index is 628. The van der Waals surface area contributed by atoms with Crippen LogP contribution in [0.5, 0.6) is 0 Å². The highest BCUT2D eigenvalue weighted by Crippen LogP contribution is 2.24. The maximum absolute atomic E-state index is 8.78. The fourth-order valence-electron chi connectivity index (χ4n) is 2.02. The molecule has 1 aromatic carbocycles. The first kappa shape index (κ1) is 12.9. The number of aromatic nitrogens is 1. The molecule has 0 saturated carbocycles. The highest BCUT2D eigenvalue weighted by atomic mass is 15.0. The first-order valence-electron chi connectivity index (χ1n) is 6.09. The van der Waals surface area contributed by atoms with Crippen molar-refractivity contribution in [3.8, 4) is 6.07 Å². The first-order chi connectivity index (χ1) is 9.11. The van der Waals surface area contributed by atoms with E-state index in [0.717, 1.165) is 0 Å². The van der Waals surface area contributed by atoms with Crippen molar-refractivity contribution in [1.82, 2.24) is 4.98 Å². The number of hydrogen-bond donors (Lipinski definition) is 2. The molecule has 1 heterocycles. The molecule has 96 valence electrons. The van der Waals surface area contributed by atoms with Crippen LogP contribution in [0.3, 0.4) is 0 Å². The molecular weight excluding hydrogens is 236 g/mol. The average molecular weight is 252 g/mol. The minimum absolute atomic E-state index is 0.101. The molecule has 0 amide bonds. The number of anilines is 2. The Kier molecular flexibility index (Phi) is 3.67. The molecule has 0 aliphatic heterocycles. The number of nitrogen functional groups attached to an aromatic ring is 1. The van der Waals surface area contributed by atoms with Crippen LogP contribution in [0.2, 0.25) is 0 Å². The van der Waals surface area contributed by atoms with Gasteiger partial charge in [0.1, 0.15) is 11.9 Å². The highest BCUT2D eigenvalue weighted by Gasteiger charge is 2.10. The Morgan fingerprint density at radius 3 is 2.74 bits per heavy atom. The molecule has 0 spiro atoms. The van der Waals surface area contributed by atoms with Crippen molar-refractivity contribution in [3.05, 3.63) is 53.2 Å². The van der Waals surface area contributed by atoms with Crippen LogP contribution in [0, 0.1) is 18.3 Å². The van der Waals surface area contributed by atoms with Crippen LogP contribution >= 0.6 is 0 Å². The van der Waals surface area contributed by atoms with E-state index in [1.807, 2.05) is 18.2 Å². The number of rotatable bonds is 3. The van der Waals surface area contributed by atoms with Gasteiger partial charge in [-0.15, -0.1) is 0 Å². The number of benzene rings is 1. The molecule has 0 saturated heterocycles. The van der Waals surface area contributed by atoms with E-state index in [2.05, 4.69) is 36.3 Å². The third kappa shape index (κ3) is 2.83. The Balaban J connectivity index is 2.22. The Hall–Kier alpha value is -2.54. The van der Waals surface area contributed by atoms with Crippen LogP contribution in [-0.2, 0) is 0 Å². The molecule has 0 aliphatic carbocycles. The Morgan fingerprint density at radius 2 is 2.11 bits per heavy atom. The second-order valence-corrected chi connectivity index (χ2v) is 4.50. The summed E-state index contributed by atoms with van der Waals surface area (Å²) in [4.78, 5) is 4.19. The fraction of sp³-hybridized carbons (Fsp3) is 0.200. The van der Waals surface area contributed by atoms with Gasteiger partial charge in [0.2, 0.25) is 0 Å². The maximum atomic E-state index is 8.78. The number of pyridine rings is 1. The lowest BCUT2D eigenvalue weighted by atomic mass is 10.0. The molecule has 1 atom stereocenters. The third-order valence-corrected chi connectivity index (χ3v) is 3.05. The molecule has 1 aromatic heterocycles. The van der Waals surface area contributed by atoms with Crippen LogP contribution in [0.4, 0.5) is 11.5 Å². The van der Waals surface area contributed by atoms with Gasteiger partial charge in [-0.1, -0.05) is 24.3 Å². The molecule has 0 fully saturated rings. The number of nitriles is 1. The molecule has 2 aromatic rings. The van der Waals surface area contributed by atoms with Crippen molar-refractivity contribution < 1.29 is 0 Å². The van der Waals surface area contributed by atoms with Crippen LogP contribution in [0.15, 0.2) is 36.5 Å². The van der Waals surface area contributed by atoms with Gasteiger partial charge in [0, 0.05) is 6.20 Å². The van der Waals surface area contributed by atoms with Crippen molar-refractivity contribution in [3.63, 3.8) is 0 Å². The van der Waals surface area contributed by atoms with Gasteiger partial charge < -0.3 is 11.1 Å². The number of aryl methyl sites for hydroxylation is 1. The van der Waals surface area contributed by atoms with Crippen molar-refractivity contribution in [2.45, 2.75) is 19.9 Å². The molecule has 19 heavy (non-hydrogen) atoms. The molecule has 0 bridgehead atoms.